The molecule has 2 aromatic carbocycles. The largest absolute Gasteiger partial charge is 0.508 e. The molecule has 110 valence electrons. The van der Waals surface area contributed by atoms with Crippen LogP contribution in [0.25, 0.3) is 0 Å². The minimum Gasteiger partial charge on any atom is -0.508 e. The Kier molecular flexibility index (Phi) is 4.12. The monoisotopic (exact) mass is 288 g/mol. The van der Waals surface area contributed by atoms with Crippen LogP contribution in [0.4, 0.5) is 15.8 Å². The van der Waals surface area contributed by atoms with Gasteiger partial charge in [0.15, 0.2) is 0 Å². The van der Waals surface area contributed by atoms with Crippen LogP contribution in [0.3, 0.4) is 0 Å². The van der Waals surface area contributed by atoms with Crippen LogP contribution in [0, 0.1) is 12.7 Å². The average Bonchev–Trinajstić information content (AvgIpc) is 2.46. The lowest BCUT2D eigenvalue weighted by Gasteiger charge is -2.23. The maximum absolute atomic E-state index is 13.5. The van der Waals surface area contributed by atoms with Crippen LogP contribution in [0.1, 0.15) is 22.8 Å². The fourth-order valence-electron chi connectivity index (χ4n) is 2.13. The summed E-state index contributed by atoms with van der Waals surface area (Å²) in [5.41, 5.74) is 7.08. The second kappa shape index (κ2) is 5.83. The molecule has 0 fully saturated rings. The van der Waals surface area contributed by atoms with Crippen LogP contribution in [0.15, 0.2) is 36.4 Å². The number of nitrogens with two attached hydrogens (primary N) is 1. The molecule has 21 heavy (non-hydrogen) atoms. The molecule has 3 N–H and O–H groups in total. The summed E-state index contributed by atoms with van der Waals surface area (Å²) in [6, 6.07) is 8.78. The van der Waals surface area contributed by atoms with Gasteiger partial charge in [0.2, 0.25) is 0 Å². The molecule has 1 amide bonds. The number of hydrogen-bond donors (Lipinski definition) is 2. The number of carbonyl (C=O) groups is 1. The van der Waals surface area contributed by atoms with Crippen molar-refractivity contribution in [2.24, 2.45) is 0 Å². The van der Waals surface area contributed by atoms with E-state index in [1.807, 2.05) is 13.8 Å². The number of anilines is 2. The van der Waals surface area contributed by atoms with Gasteiger partial charge in [-0.2, -0.15) is 0 Å². The van der Waals surface area contributed by atoms with Crippen LogP contribution in [-0.4, -0.2) is 17.6 Å². The summed E-state index contributed by atoms with van der Waals surface area (Å²) in [7, 11) is 0. The van der Waals surface area contributed by atoms with Gasteiger partial charge in [-0.3, -0.25) is 4.79 Å². The molecule has 2 aromatic rings. The molecule has 0 saturated heterocycles. The highest BCUT2D eigenvalue weighted by atomic mass is 19.1. The number of carbonyl (C=O) groups excluding carboxylic acids is 1. The molecule has 0 unspecified atom stereocenters. The van der Waals surface area contributed by atoms with E-state index in [2.05, 4.69) is 0 Å². The van der Waals surface area contributed by atoms with E-state index in [1.54, 1.807) is 12.1 Å². The maximum Gasteiger partial charge on any atom is 0.258 e. The van der Waals surface area contributed by atoms with E-state index in [9.17, 15) is 14.3 Å². The summed E-state index contributed by atoms with van der Waals surface area (Å²) in [5.74, 6) is -0.889. The van der Waals surface area contributed by atoms with Crippen molar-refractivity contribution in [3.63, 3.8) is 0 Å². The fourth-order valence-corrected chi connectivity index (χ4v) is 2.13. The first kappa shape index (κ1) is 14.8. The normalized spacial score (nSPS) is 10.4. The van der Waals surface area contributed by atoms with Crippen molar-refractivity contribution in [3.8, 4) is 5.75 Å². The highest BCUT2D eigenvalue weighted by molar-refractivity contribution is 6.06. The molecule has 0 aliphatic carbocycles. The van der Waals surface area contributed by atoms with Crippen LogP contribution in [-0.2, 0) is 0 Å². The zero-order chi connectivity index (χ0) is 15.6. The number of rotatable bonds is 3. The first-order chi connectivity index (χ1) is 9.93. The molecule has 0 atom stereocenters. The van der Waals surface area contributed by atoms with Crippen LogP contribution < -0.4 is 10.6 Å². The molecule has 2 rings (SSSR count). The van der Waals surface area contributed by atoms with E-state index in [-0.39, 0.29) is 22.9 Å². The molecule has 0 aliphatic rings. The number of nitrogen functional groups attached to an aromatic ring is 1. The zero-order valence-electron chi connectivity index (χ0n) is 11.9. The average molecular weight is 288 g/mol. The minimum atomic E-state index is -0.621. The summed E-state index contributed by atoms with van der Waals surface area (Å²) >= 11 is 0. The molecule has 0 aromatic heterocycles. The molecular weight excluding hydrogens is 271 g/mol. The van der Waals surface area contributed by atoms with Crippen molar-refractivity contribution in [2.75, 3.05) is 17.2 Å². The third-order valence-corrected chi connectivity index (χ3v) is 3.29. The molecule has 0 spiro atoms. The molecule has 5 heteroatoms. The number of phenolic OH excluding ortho intramolecular Hbond substituents is 1. The van der Waals surface area contributed by atoms with E-state index in [1.165, 1.54) is 23.1 Å². The van der Waals surface area contributed by atoms with Gasteiger partial charge in [0.05, 0.1) is 11.4 Å². The van der Waals surface area contributed by atoms with Gasteiger partial charge in [0.1, 0.15) is 11.6 Å². The van der Waals surface area contributed by atoms with Gasteiger partial charge in [-0.25, -0.2) is 4.39 Å². The molecule has 0 heterocycles. The number of aryl methyl sites for hydroxylation is 1. The Bertz CT molecular complexity index is 686. The summed E-state index contributed by atoms with van der Waals surface area (Å²) in [6.45, 7) is 4.05. The summed E-state index contributed by atoms with van der Waals surface area (Å²) in [6.07, 6.45) is 0. The number of amides is 1. The Morgan fingerprint density at radius 2 is 2.00 bits per heavy atom. The Morgan fingerprint density at radius 3 is 2.62 bits per heavy atom. The van der Waals surface area contributed by atoms with Crippen molar-refractivity contribution in [1.29, 1.82) is 0 Å². The van der Waals surface area contributed by atoms with Gasteiger partial charge in [-0.15, -0.1) is 0 Å². The molecule has 0 bridgehead atoms. The highest BCUT2D eigenvalue weighted by Crippen LogP contribution is 2.26. The van der Waals surface area contributed by atoms with E-state index in [0.717, 1.165) is 11.6 Å². The quantitative estimate of drug-likeness (QED) is 0.853. The SMILES string of the molecule is CCN(C(=O)c1ccc(N)c(F)c1)c1cc(O)ccc1C. The summed E-state index contributed by atoms with van der Waals surface area (Å²) < 4.78 is 13.5. The Morgan fingerprint density at radius 1 is 1.29 bits per heavy atom. The fraction of sp³-hybridized carbons (Fsp3) is 0.188. The molecular formula is C16H17FN2O2. The van der Waals surface area contributed by atoms with Crippen LogP contribution >= 0.6 is 0 Å². The Balaban J connectivity index is 2.43. The van der Waals surface area contributed by atoms with E-state index in [0.29, 0.717) is 12.2 Å². The third-order valence-electron chi connectivity index (χ3n) is 3.29. The van der Waals surface area contributed by atoms with Gasteiger partial charge in [0, 0.05) is 18.2 Å². The van der Waals surface area contributed by atoms with Crippen molar-refractivity contribution in [1.82, 2.24) is 0 Å². The first-order valence-corrected chi connectivity index (χ1v) is 6.60. The van der Waals surface area contributed by atoms with Crippen molar-refractivity contribution >= 4 is 17.3 Å². The lowest BCUT2D eigenvalue weighted by Crippen LogP contribution is -2.31. The van der Waals surface area contributed by atoms with Crippen molar-refractivity contribution < 1.29 is 14.3 Å². The van der Waals surface area contributed by atoms with Gasteiger partial charge < -0.3 is 15.7 Å². The predicted octanol–water partition coefficient (Wildman–Crippen LogP) is 3.09. The third kappa shape index (κ3) is 2.97. The first-order valence-electron chi connectivity index (χ1n) is 6.60. The predicted molar refractivity (Wildman–Crippen MR) is 81.0 cm³/mol. The van der Waals surface area contributed by atoms with E-state index < -0.39 is 5.82 Å². The topological polar surface area (TPSA) is 66.6 Å². The minimum absolute atomic E-state index is 0.00290. The number of phenols is 1. The number of halogens is 1. The van der Waals surface area contributed by atoms with E-state index in [4.69, 9.17) is 5.73 Å². The second-order valence-electron chi connectivity index (χ2n) is 4.76. The van der Waals surface area contributed by atoms with Crippen molar-refractivity contribution in [3.05, 3.63) is 53.3 Å². The maximum atomic E-state index is 13.5. The number of nitrogens with zero attached hydrogens (tertiary/aromatic N) is 1. The number of benzene rings is 2. The molecule has 0 radical (unpaired) electrons. The van der Waals surface area contributed by atoms with Gasteiger partial charge in [0.25, 0.3) is 5.91 Å². The Hall–Kier alpha value is -2.56. The van der Waals surface area contributed by atoms with Crippen molar-refractivity contribution in [2.45, 2.75) is 13.8 Å². The zero-order valence-corrected chi connectivity index (χ0v) is 11.9. The highest BCUT2D eigenvalue weighted by Gasteiger charge is 2.19. The van der Waals surface area contributed by atoms with Gasteiger partial charge in [-0.1, -0.05) is 6.07 Å². The standard InChI is InChI=1S/C16H17FN2O2/c1-3-19(15-9-12(20)6-4-10(15)2)16(21)11-5-7-14(18)13(17)8-11/h4-9,20H,3,18H2,1-2H3. The molecule has 4 nitrogen and oxygen atoms in total. The number of aromatic hydroxyl groups is 1. The summed E-state index contributed by atoms with van der Waals surface area (Å²) in [4.78, 5) is 14.0. The molecule has 0 saturated carbocycles. The lowest BCUT2D eigenvalue weighted by molar-refractivity contribution is 0.0988. The molecule has 0 aliphatic heterocycles. The number of hydrogen-bond acceptors (Lipinski definition) is 3. The summed E-state index contributed by atoms with van der Waals surface area (Å²) in [5, 5.41) is 9.60. The van der Waals surface area contributed by atoms with E-state index >= 15 is 0 Å². The van der Waals surface area contributed by atoms with Crippen LogP contribution in [0.2, 0.25) is 0 Å². The van der Waals surface area contributed by atoms with Gasteiger partial charge >= 0.3 is 0 Å². The van der Waals surface area contributed by atoms with Crippen LogP contribution in [0.5, 0.6) is 5.75 Å². The smallest absolute Gasteiger partial charge is 0.258 e. The second-order valence-corrected chi connectivity index (χ2v) is 4.76. The lowest BCUT2D eigenvalue weighted by atomic mass is 10.1. The Labute approximate surface area is 122 Å². The van der Waals surface area contributed by atoms with Gasteiger partial charge in [-0.05, 0) is 43.7 Å².